The van der Waals surface area contributed by atoms with E-state index in [9.17, 15) is 13.2 Å². The van der Waals surface area contributed by atoms with Crippen LogP contribution in [0.3, 0.4) is 0 Å². The fourth-order valence-electron chi connectivity index (χ4n) is 3.43. The summed E-state index contributed by atoms with van der Waals surface area (Å²) < 4.78 is 27.7. The summed E-state index contributed by atoms with van der Waals surface area (Å²) in [5.41, 5.74) is 1.33. The van der Waals surface area contributed by atoms with Gasteiger partial charge >= 0.3 is 6.03 Å². The molecule has 2 amide bonds. The SMILES string of the molecule is CN(Cc1ccc(Cl)cc1Cl)C(=O)NCc1ccccc1S(=O)(=O)N1CCCCC1. The van der Waals surface area contributed by atoms with E-state index in [0.29, 0.717) is 35.2 Å². The molecular weight excluding hydrogens is 445 g/mol. The number of rotatable bonds is 6. The number of sulfonamides is 1. The van der Waals surface area contributed by atoms with E-state index in [1.807, 2.05) is 0 Å². The van der Waals surface area contributed by atoms with Gasteiger partial charge in [0.05, 0.1) is 4.90 Å². The molecule has 9 heteroatoms. The quantitative estimate of drug-likeness (QED) is 0.676. The Bertz CT molecular complexity index is 1010. The molecule has 1 fully saturated rings. The van der Waals surface area contributed by atoms with Crippen molar-refractivity contribution in [2.75, 3.05) is 20.1 Å². The monoisotopic (exact) mass is 469 g/mol. The number of urea groups is 1. The Morgan fingerprint density at radius 1 is 1.07 bits per heavy atom. The molecule has 0 saturated carbocycles. The van der Waals surface area contributed by atoms with Gasteiger partial charge in [0, 0.05) is 43.3 Å². The topological polar surface area (TPSA) is 69.7 Å². The molecule has 6 nitrogen and oxygen atoms in total. The average molecular weight is 470 g/mol. The third-order valence-electron chi connectivity index (χ3n) is 5.10. The molecule has 0 aromatic heterocycles. The van der Waals surface area contributed by atoms with Crippen molar-refractivity contribution in [1.82, 2.24) is 14.5 Å². The second-order valence-corrected chi connectivity index (χ2v) is 10.1. The number of halogens is 2. The molecule has 0 spiro atoms. The van der Waals surface area contributed by atoms with Crippen LogP contribution in [0.4, 0.5) is 4.79 Å². The van der Waals surface area contributed by atoms with Gasteiger partial charge in [-0.25, -0.2) is 13.2 Å². The Kier molecular flexibility index (Phi) is 7.63. The Balaban J connectivity index is 1.67. The number of nitrogens with zero attached hydrogens (tertiary/aromatic N) is 2. The van der Waals surface area contributed by atoms with Crippen LogP contribution in [-0.2, 0) is 23.1 Å². The largest absolute Gasteiger partial charge is 0.334 e. The maximum Gasteiger partial charge on any atom is 0.317 e. The van der Waals surface area contributed by atoms with Gasteiger partial charge in [-0.3, -0.25) is 0 Å². The Morgan fingerprint density at radius 3 is 2.47 bits per heavy atom. The smallest absolute Gasteiger partial charge is 0.317 e. The highest BCUT2D eigenvalue weighted by Crippen LogP contribution is 2.24. The lowest BCUT2D eigenvalue weighted by Crippen LogP contribution is -2.38. The maximum atomic E-state index is 13.1. The molecule has 1 saturated heterocycles. The van der Waals surface area contributed by atoms with Gasteiger partial charge in [-0.05, 0) is 42.2 Å². The number of carbonyl (C=O) groups excluding carboxylic acids is 1. The molecule has 1 heterocycles. The number of amides is 2. The van der Waals surface area contributed by atoms with E-state index < -0.39 is 10.0 Å². The van der Waals surface area contributed by atoms with E-state index in [1.54, 1.807) is 49.5 Å². The fourth-order valence-corrected chi connectivity index (χ4v) is 5.64. The minimum absolute atomic E-state index is 0.112. The zero-order valence-electron chi connectivity index (χ0n) is 16.8. The molecule has 1 aliphatic rings. The van der Waals surface area contributed by atoms with Crippen molar-refractivity contribution >= 4 is 39.3 Å². The van der Waals surface area contributed by atoms with Crippen molar-refractivity contribution in [3.8, 4) is 0 Å². The second kappa shape index (κ2) is 10.0. The first kappa shape index (κ1) is 22.9. The normalized spacial score (nSPS) is 15.0. The van der Waals surface area contributed by atoms with Gasteiger partial charge in [0.2, 0.25) is 10.0 Å². The van der Waals surface area contributed by atoms with Crippen LogP contribution in [-0.4, -0.2) is 43.8 Å². The molecule has 2 aromatic carbocycles. The molecule has 162 valence electrons. The lowest BCUT2D eigenvalue weighted by molar-refractivity contribution is 0.206. The number of nitrogens with one attached hydrogen (secondary N) is 1. The van der Waals surface area contributed by atoms with E-state index in [-0.39, 0.29) is 17.5 Å². The van der Waals surface area contributed by atoms with Crippen LogP contribution >= 0.6 is 23.2 Å². The standard InChI is InChI=1S/C21H25Cl2N3O3S/c1-25(15-17-9-10-18(22)13-19(17)23)21(27)24-14-16-7-3-4-8-20(16)30(28,29)26-11-5-2-6-12-26/h3-4,7-10,13H,2,5-6,11-12,14-15H2,1H3,(H,24,27). The van der Waals surface area contributed by atoms with Gasteiger partial charge in [-0.15, -0.1) is 0 Å². The molecule has 1 aliphatic heterocycles. The third-order valence-corrected chi connectivity index (χ3v) is 7.69. The molecule has 0 aliphatic carbocycles. The van der Waals surface area contributed by atoms with Gasteiger partial charge in [0.25, 0.3) is 0 Å². The third kappa shape index (κ3) is 5.46. The number of benzene rings is 2. The minimum atomic E-state index is -3.58. The van der Waals surface area contributed by atoms with Crippen LogP contribution in [0, 0.1) is 0 Å². The van der Waals surface area contributed by atoms with E-state index in [4.69, 9.17) is 23.2 Å². The van der Waals surface area contributed by atoms with Crippen LogP contribution in [0.15, 0.2) is 47.4 Å². The van der Waals surface area contributed by atoms with Gasteiger partial charge in [0.1, 0.15) is 0 Å². The van der Waals surface area contributed by atoms with Crippen molar-refractivity contribution in [3.63, 3.8) is 0 Å². The second-order valence-electron chi connectivity index (χ2n) is 7.32. The first-order valence-electron chi connectivity index (χ1n) is 9.80. The summed E-state index contributed by atoms with van der Waals surface area (Å²) in [5, 5.41) is 3.82. The summed E-state index contributed by atoms with van der Waals surface area (Å²) in [6.45, 7) is 1.48. The van der Waals surface area contributed by atoms with Gasteiger partial charge < -0.3 is 10.2 Å². The molecule has 0 unspecified atom stereocenters. The predicted octanol–water partition coefficient (Wildman–Crippen LogP) is 4.51. The summed E-state index contributed by atoms with van der Waals surface area (Å²) in [6.07, 6.45) is 2.79. The van der Waals surface area contributed by atoms with Gasteiger partial charge in [-0.2, -0.15) is 4.31 Å². The summed E-state index contributed by atoms with van der Waals surface area (Å²) in [4.78, 5) is 14.3. The van der Waals surface area contributed by atoms with Crippen LogP contribution < -0.4 is 5.32 Å². The number of hydrogen-bond donors (Lipinski definition) is 1. The predicted molar refractivity (Wildman–Crippen MR) is 119 cm³/mol. The number of piperidine rings is 1. The average Bonchev–Trinajstić information content (AvgIpc) is 2.74. The molecule has 3 rings (SSSR count). The number of carbonyl (C=O) groups is 1. The zero-order valence-corrected chi connectivity index (χ0v) is 19.1. The summed E-state index contributed by atoms with van der Waals surface area (Å²) >= 11 is 12.1. The van der Waals surface area contributed by atoms with Crippen LogP contribution in [0.5, 0.6) is 0 Å². The Labute approximate surface area is 187 Å². The summed E-state index contributed by atoms with van der Waals surface area (Å²) in [7, 11) is -1.93. The fraction of sp³-hybridized carbons (Fsp3) is 0.381. The molecule has 30 heavy (non-hydrogen) atoms. The molecule has 1 N–H and O–H groups in total. The van der Waals surface area contributed by atoms with Crippen molar-refractivity contribution in [2.45, 2.75) is 37.2 Å². The van der Waals surface area contributed by atoms with E-state index in [2.05, 4.69) is 5.32 Å². The van der Waals surface area contributed by atoms with E-state index >= 15 is 0 Å². The number of hydrogen-bond acceptors (Lipinski definition) is 3. The highest BCUT2D eigenvalue weighted by molar-refractivity contribution is 7.89. The molecule has 0 bridgehead atoms. The van der Waals surface area contributed by atoms with Crippen molar-refractivity contribution < 1.29 is 13.2 Å². The molecule has 0 atom stereocenters. The Morgan fingerprint density at radius 2 is 1.77 bits per heavy atom. The lowest BCUT2D eigenvalue weighted by Gasteiger charge is -2.27. The lowest BCUT2D eigenvalue weighted by atomic mass is 10.2. The highest BCUT2D eigenvalue weighted by Gasteiger charge is 2.28. The minimum Gasteiger partial charge on any atom is -0.334 e. The van der Waals surface area contributed by atoms with Crippen LogP contribution in [0.25, 0.3) is 0 Å². The van der Waals surface area contributed by atoms with Gasteiger partial charge in [-0.1, -0.05) is 53.9 Å². The first-order valence-corrected chi connectivity index (χ1v) is 12.0. The highest BCUT2D eigenvalue weighted by atomic mass is 35.5. The van der Waals surface area contributed by atoms with Crippen LogP contribution in [0.1, 0.15) is 30.4 Å². The van der Waals surface area contributed by atoms with Crippen molar-refractivity contribution in [1.29, 1.82) is 0 Å². The van der Waals surface area contributed by atoms with Crippen LogP contribution in [0.2, 0.25) is 10.0 Å². The van der Waals surface area contributed by atoms with Crippen molar-refractivity contribution in [2.24, 2.45) is 0 Å². The van der Waals surface area contributed by atoms with E-state index in [1.165, 1.54) is 9.21 Å². The van der Waals surface area contributed by atoms with Gasteiger partial charge in [0.15, 0.2) is 0 Å². The first-order chi connectivity index (χ1) is 14.3. The van der Waals surface area contributed by atoms with E-state index in [0.717, 1.165) is 24.8 Å². The summed E-state index contributed by atoms with van der Waals surface area (Å²) in [6, 6.07) is 11.6. The maximum absolute atomic E-state index is 13.1. The molecular formula is C21H25Cl2N3O3S. The summed E-state index contributed by atoms with van der Waals surface area (Å²) in [5.74, 6) is 0. The van der Waals surface area contributed by atoms with Crippen molar-refractivity contribution in [3.05, 3.63) is 63.6 Å². The zero-order chi connectivity index (χ0) is 21.7. The molecule has 0 radical (unpaired) electrons. The Hall–Kier alpha value is -1.80. The molecule has 2 aromatic rings.